The zero-order chi connectivity index (χ0) is 24.2. The van der Waals surface area contributed by atoms with Crippen LogP contribution in [0.4, 0.5) is 11.6 Å². The molecule has 4 heterocycles. The molecule has 3 N–H and O–H groups in total. The van der Waals surface area contributed by atoms with Crippen molar-refractivity contribution in [1.29, 1.82) is 0 Å². The van der Waals surface area contributed by atoms with Gasteiger partial charge in [0.2, 0.25) is 0 Å². The highest BCUT2D eigenvalue weighted by Crippen LogP contribution is 2.35. The van der Waals surface area contributed by atoms with E-state index in [1.54, 1.807) is 0 Å². The van der Waals surface area contributed by atoms with Crippen molar-refractivity contribution < 1.29 is 4.74 Å². The minimum atomic E-state index is 0.540. The Balaban J connectivity index is 1.48. The van der Waals surface area contributed by atoms with E-state index in [-0.39, 0.29) is 0 Å². The Kier molecular flexibility index (Phi) is 7.27. The first-order valence-corrected chi connectivity index (χ1v) is 12.6. The molecule has 0 saturated carbocycles. The fourth-order valence-corrected chi connectivity index (χ4v) is 5.19. The van der Waals surface area contributed by atoms with E-state index < -0.39 is 0 Å². The van der Waals surface area contributed by atoms with Crippen LogP contribution in [0.25, 0.3) is 22.3 Å². The number of aromatic nitrogens is 2. The number of rotatable bonds is 6. The molecule has 2 aromatic heterocycles. The molecule has 184 valence electrons. The third-order valence-electron chi connectivity index (χ3n) is 7.04. The van der Waals surface area contributed by atoms with Crippen LogP contribution in [0.5, 0.6) is 0 Å². The number of ether oxygens (including phenoxy) is 1. The van der Waals surface area contributed by atoms with E-state index in [1.807, 2.05) is 18.5 Å². The lowest BCUT2D eigenvalue weighted by atomic mass is 9.86. The molecule has 2 aliphatic heterocycles. The summed E-state index contributed by atoms with van der Waals surface area (Å²) in [5, 5.41) is 3.40. The van der Waals surface area contributed by atoms with Gasteiger partial charge in [-0.15, -0.1) is 0 Å². The molecule has 0 aliphatic carbocycles. The van der Waals surface area contributed by atoms with E-state index in [2.05, 4.69) is 69.5 Å². The highest BCUT2D eigenvalue weighted by molar-refractivity contribution is 5.80. The molecule has 2 aliphatic rings. The Labute approximate surface area is 208 Å². The minimum Gasteiger partial charge on any atom is -0.383 e. The summed E-state index contributed by atoms with van der Waals surface area (Å²) in [6.07, 6.45) is 5.94. The topological polar surface area (TPSA) is 79.5 Å². The van der Waals surface area contributed by atoms with Crippen molar-refractivity contribution >= 4 is 11.6 Å². The Bertz CT molecular complexity index is 1150. The third-order valence-corrected chi connectivity index (χ3v) is 7.04. The third kappa shape index (κ3) is 5.48. The van der Waals surface area contributed by atoms with E-state index in [4.69, 9.17) is 10.5 Å². The maximum Gasteiger partial charge on any atom is 0.131 e. The summed E-state index contributed by atoms with van der Waals surface area (Å²) in [6.45, 7) is 6.47. The van der Waals surface area contributed by atoms with Gasteiger partial charge in [-0.2, -0.15) is 0 Å². The summed E-state index contributed by atoms with van der Waals surface area (Å²) in [4.78, 5) is 13.8. The van der Waals surface area contributed by atoms with Crippen molar-refractivity contribution in [2.45, 2.75) is 25.3 Å². The van der Waals surface area contributed by atoms with Crippen molar-refractivity contribution in [1.82, 2.24) is 20.2 Å². The molecule has 0 radical (unpaired) electrons. The van der Waals surface area contributed by atoms with Gasteiger partial charge in [-0.25, -0.2) is 9.97 Å². The monoisotopic (exact) mass is 472 g/mol. The lowest BCUT2D eigenvalue weighted by Gasteiger charge is -2.28. The van der Waals surface area contributed by atoms with Crippen LogP contribution >= 0.6 is 0 Å². The Morgan fingerprint density at radius 1 is 1.00 bits per heavy atom. The van der Waals surface area contributed by atoms with Gasteiger partial charge in [-0.05, 0) is 79.4 Å². The first-order valence-electron chi connectivity index (χ1n) is 12.6. The van der Waals surface area contributed by atoms with Gasteiger partial charge in [-0.1, -0.05) is 12.1 Å². The number of anilines is 2. The minimum absolute atomic E-state index is 0.540. The van der Waals surface area contributed by atoms with Gasteiger partial charge in [0.1, 0.15) is 11.6 Å². The maximum absolute atomic E-state index is 6.37. The highest BCUT2D eigenvalue weighted by atomic mass is 16.5. The van der Waals surface area contributed by atoms with E-state index >= 15 is 0 Å². The second-order valence-electron chi connectivity index (χ2n) is 9.83. The highest BCUT2D eigenvalue weighted by Gasteiger charge is 2.20. The molecule has 7 heteroatoms. The van der Waals surface area contributed by atoms with Gasteiger partial charge in [0.25, 0.3) is 0 Å². The number of nitrogens with two attached hydrogens (primary N) is 1. The van der Waals surface area contributed by atoms with Crippen molar-refractivity contribution in [3.05, 3.63) is 59.9 Å². The summed E-state index contributed by atoms with van der Waals surface area (Å²) < 4.78 is 5.61. The normalized spacial score (nSPS) is 17.2. The van der Waals surface area contributed by atoms with Gasteiger partial charge in [0.05, 0.1) is 0 Å². The van der Waals surface area contributed by atoms with Crippen LogP contribution in [0.3, 0.4) is 0 Å². The molecule has 5 rings (SSSR count). The lowest BCUT2D eigenvalue weighted by molar-refractivity contribution is 0.0850. The summed E-state index contributed by atoms with van der Waals surface area (Å²) in [7, 11) is 4.26. The number of hydrogen-bond acceptors (Lipinski definition) is 7. The second kappa shape index (κ2) is 10.7. The Morgan fingerprint density at radius 3 is 2.57 bits per heavy atom. The number of nitrogens with zero attached hydrogens (tertiary/aromatic N) is 4. The van der Waals surface area contributed by atoms with Gasteiger partial charge in [-0.3, -0.25) is 0 Å². The van der Waals surface area contributed by atoms with Crippen molar-refractivity contribution in [3.63, 3.8) is 0 Å². The molecule has 3 aromatic rings. The van der Waals surface area contributed by atoms with E-state index in [0.717, 1.165) is 81.3 Å². The van der Waals surface area contributed by atoms with Crippen LogP contribution in [0.1, 0.15) is 29.9 Å². The largest absolute Gasteiger partial charge is 0.383 e. The number of pyridine rings is 2. The average molecular weight is 473 g/mol. The zero-order valence-electron chi connectivity index (χ0n) is 20.8. The van der Waals surface area contributed by atoms with Gasteiger partial charge in [0.15, 0.2) is 0 Å². The fraction of sp³-hybridized carbons (Fsp3) is 0.429. The molecule has 2 fully saturated rings. The molecule has 0 amide bonds. The van der Waals surface area contributed by atoms with Gasteiger partial charge in [0, 0.05) is 69.5 Å². The molecule has 35 heavy (non-hydrogen) atoms. The smallest absolute Gasteiger partial charge is 0.131 e. The Morgan fingerprint density at radius 2 is 1.80 bits per heavy atom. The number of hydrogen-bond donors (Lipinski definition) is 2. The molecular weight excluding hydrogens is 436 g/mol. The van der Waals surface area contributed by atoms with Crippen LogP contribution < -0.4 is 16.0 Å². The zero-order valence-corrected chi connectivity index (χ0v) is 20.8. The van der Waals surface area contributed by atoms with Crippen LogP contribution in [0.15, 0.2) is 48.8 Å². The first-order chi connectivity index (χ1) is 17.1. The molecule has 2 saturated heterocycles. The molecule has 0 unspecified atom stereocenters. The van der Waals surface area contributed by atoms with E-state index in [0.29, 0.717) is 11.7 Å². The standard InChI is InChI=1S/C28H36N6O/c1-33(2)19-24-15-21(3-4-25(24)20-6-13-35-14-7-20)23-16-26(28(29)32-18-23)22-5-8-31-27(17-22)34-11-9-30-10-12-34/h3-5,8,15-18,20,30H,6-7,9-14,19H2,1-2H3,(H2,29,32). The van der Waals surface area contributed by atoms with Crippen molar-refractivity contribution in [2.75, 3.05) is 64.1 Å². The van der Waals surface area contributed by atoms with E-state index in [1.165, 1.54) is 16.7 Å². The number of nitrogen functional groups attached to an aromatic ring is 1. The quantitative estimate of drug-likeness (QED) is 0.565. The molecule has 0 bridgehead atoms. The van der Waals surface area contributed by atoms with Crippen molar-refractivity contribution in [2.24, 2.45) is 0 Å². The molecule has 1 aromatic carbocycles. The van der Waals surface area contributed by atoms with Gasteiger partial charge < -0.3 is 25.6 Å². The first kappa shape index (κ1) is 23.7. The lowest BCUT2D eigenvalue weighted by Crippen LogP contribution is -2.43. The predicted octanol–water partition coefficient (Wildman–Crippen LogP) is 3.76. The summed E-state index contributed by atoms with van der Waals surface area (Å²) in [5.74, 6) is 2.09. The molecule has 7 nitrogen and oxygen atoms in total. The summed E-state index contributed by atoms with van der Waals surface area (Å²) in [6, 6.07) is 13.2. The molecule has 0 spiro atoms. The van der Waals surface area contributed by atoms with Crippen LogP contribution in [0.2, 0.25) is 0 Å². The maximum atomic E-state index is 6.37. The fourth-order valence-electron chi connectivity index (χ4n) is 5.19. The predicted molar refractivity (Wildman–Crippen MR) is 143 cm³/mol. The Hall–Kier alpha value is -3.00. The molecule has 0 atom stereocenters. The molecular formula is C28H36N6O. The van der Waals surface area contributed by atoms with Crippen LogP contribution in [-0.2, 0) is 11.3 Å². The van der Waals surface area contributed by atoms with Gasteiger partial charge >= 0.3 is 0 Å². The number of piperazine rings is 1. The van der Waals surface area contributed by atoms with Crippen molar-refractivity contribution in [3.8, 4) is 22.3 Å². The second-order valence-corrected chi connectivity index (χ2v) is 9.83. The SMILES string of the molecule is CN(C)Cc1cc(-c2cnc(N)c(-c3ccnc(N4CCNCC4)c3)c2)ccc1C1CCOCC1. The van der Waals surface area contributed by atoms with Crippen LogP contribution in [-0.4, -0.2) is 68.4 Å². The number of benzene rings is 1. The number of nitrogens with one attached hydrogen (secondary N) is 1. The summed E-state index contributed by atoms with van der Waals surface area (Å²) >= 11 is 0. The van der Waals surface area contributed by atoms with Crippen LogP contribution in [0, 0.1) is 0 Å². The summed E-state index contributed by atoms with van der Waals surface area (Å²) in [5.41, 5.74) is 13.4. The van der Waals surface area contributed by atoms with E-state index in [9.17, 15) is 0 Å². The average Bonchev–Trinajstić information content (AvgIpc) is 2.90.